The van der Waals surface area contributed by atoms with Crippen LogP contribution in [-0.2, 0) is 0 Å². The highest BCUT2D eigenvalue weighted by molar-refractivity contribution is 6.33. The zero-order valence-corrected chi connectivity index (χ0v) is 50.6. The largest absolute Gasteiger partial charge is 0.454 e. The second kappa shape index (κ2) is 21.3. The van der Waals surface area contributed by atoms with E-state index in [4.69, 9.17) is 8.83 Å². The second-order valence-electron chi connectivity index (χ2n) is 24.6. The summed E-state index contributed by atoms with van der Waals surface area (Å²) in [6.45, 7) is 9.08. The van der Waals surface area contributed by atoms with Gasteiger partial charge in [-0.3, -0.25) is 0 Å². The van der Waals surface area contributed by atoms with E-state index in [1.807, 2.05) is 0 Å². The van der Waals surface area contributed by atoms with Gasteiger partial charge in [0.15, 0.2) is 11.2 Å². The highest BCUT2D eigenvalue weighted by atomic mass is 16.3. The summed E-state index contributed by atoms with van der Waals surface area (Å²) in [6.07, 6.45) is 0. The number of hydrogen-bond acceptors (Lipinski definition) is 4. The van der Waals surface area contributed by atoms with Crippen LogP contribution in [0.2, 0.25) is 0 Å². The SMILES string of the molecule is CC(C)c1cccc(N(c2ccc3c(-c4ccccc4)c4c(c(-c5ccccc5)c3c2)-c2c-4c(-c3ccccc3)c3cc(N(c4cccc(C(C)C)c4)c4cccc5c4oc4ccccc45)ccc3c2-c2ccccc2)c2cccc3c2oc2ccccc23)c1. The molecule has 14 aromatic carbocycles. The third-order valence-corrected chi connectivity index (χ3v) is 18.7. The van der Waals surface area contributed by atoms with Gasteiger partial charge in [0.25, 0.3) is 0 Å². The lowest BCUT2D eigenvalue weighted by Gasteiger charge is -2.38. The molecule has 0 unspecified atom stereocenters. The fourth-order valence-corrected chi connectivity index (χ4v) is 14.5. The molecule has 0 radical (unpaired) electrons. The molecule has 2 aromatic heterocycles. The Balaban J connectivity index is 0.997. The van der Waals surface area contributed by atoms with E-state index in [1.54, 1.807) is 0 Å². The van der Waals surface area contributed by atoms with E-state index in [1.165, 1.54) is 77.2 Å². The fraction of sp³-hybridized carbons (Fsp3) is 0.0698. The van der Waals surface area contributed by atoms with Crippen molar-refractivity contribution in [2.45, 2.75) is 39.5 Å². The topological polar surface area (TPSA) is 32.8 Å². The molecule has 90 heavy (non-hydrogen) atoms. The zero-order valence-electron chi connectivity index (χ0n) is 50.6. The van der Waals surface area contributed by atoms with E-state index >= 15 is 0 Å². The van der Waals surface area contributed by atoms with Crippen LogP contribution in [0.3, 0.4) is 0 Å². The van der Waals surface area contributed by atoms with Crippen LogP contribution in [0.25, 0.3) is 132 Å². The standard InChI is InChI=1S/C86H62N2O2/c1-53(2)59-33-21-35-61(49-59)87(73-41-23-39-69-65-37-17-19-43-75(65)89-85(69)73)63-45-47-67-71(51-63)79(57-29-13-7-14-30-57)83-81(77(67)55-25-9-5-10-26-55)84-80(58-31-15-8-16-32-58)72-52-64(46-48-68(72)78(82(83)84)56-27-11-6-12-28-56)88(62-36-22-34-60(50-62)54(3)4)74-42-24-40-70-66-38-18-20-44-76(66)90-86(70)74/h5-54H,1-4H3. The quantitative estimate of drug-likeness (QED) is 0.122. The van der Waals surface area contributed by atoms with Crippen LogP contribution < -0.4 is 9.80 Å². The number of anilines is 6. The van der Waals surface area contributed by atoms with Crippen LogP contribution in [-0.4, -0.2) is 0 Å². The Morgan fingerprint density at radius 2 is 0.544 bits per heavy atom. The van der Waals surface area contributed by atoms with Crippen molar-refractivity contribution in [1.29, 1.82) is 0 Å². The first-order chi connectivity index (χ1) is 44.3. The van der Waals surface area contributed by atoms with Crippen LogP contribution in [0, 0.1) is 0 Å². The fourth-order valence-electron chi connectivity index (χ4n) is 14.5. The number of rotatable bonds is 12. The number of benzene rings is 14. The summed E-state index contributed by atoms with van der Waals surface area (Å²) in [5.74, 6) is 0.644. The van der Waals surface area contributed by atoms with Gasteiger partial charge < -0.3 is 18.6 Å². The maximum absolute atomic E-state index is 6.92. The lowest BCUT2D eigenvalue weighted by atomic mass is 9.65. The monoisotopic (exact) mass is 1150 g/mol. The van der Waals surface area contributed by atoms with Gasteiger partial charge in [-0.15, -0.1) is 0 Å². The van der Waals surface area contributed by atoms with E-state index in [-0.39, 0.29) is 0 Å². The van der Waals surface area contributed by atoms with Gasteiger partial charge in [-0.05, 0) is 184 Å². The van der Waals surface area contributed by atoms with Crippen molar-refractivity contribution < 1.29 is 8.83 Å². The first-order valence-electron chi connectivity index (χ1n) is 31.4. The maximum Gasteiger partial charge on any atom is 0.159 e. The molecule has 0 saturated carbocycles. The molecule has 4 heteroatoms. The predicted molar refractivity (Wildman–Crippen MR) is 380 cm³/mol. The Morgan fingerprint density at radius 3 is 0.911 bits per heavy atom. The molecule has 1 aliphatic carbocycles. The molecule has 0 fully saturated rings. The number of fused-ring (bicyclic) bond motifs is 12. The van der Waals surface area contributed by atoms with E-state index in [0.717, 1.165) is 100 Å². The van der Waals surface area contributed by atoms with Crippen LogP contribution >= 0.6 is 0 Å². The summed E-state index contributed by atoms with van der Waals surface area (Å²) < 4.78 is 13.8. The smallest absolute Gasteiger partial charge is 0.159 e. The van der Waals surface area contributed by atoms with Crippen molar-refractivity contribution >= 4 is 99.5 Å². The number of nitrogens with zero attached hydrogens (tertiary/aromatic N) is 2. The maximum atomic E-state index is 6.92. The first-order valence-corrected chi connectivity index (χ1v) is 31.4. The molecular weight excluding hydrogens is 1090 g/mol. The molecule has 0 aliphatic heterocycles. The van der Waals surface area contributed by atoms with Gasteiger partial charge >= 0.3 is 0 Å². The van der Waals surface area contributed by atoms with Crippen molar-refractivity contribution in [1.82, 2.24) is 0 Å². The highest BCUT2D eigenvalue weighted by Gasteiger charge is 2.39. The number of furan rings is 2. The summed E-state index contributed by atoms with van der Waals surface area (Å²) in [4.78, 5) is 4.84. The van der Waals surface area contributed by atoms with Gasteiger partial charge in [0.05, 0.1) is 11.4 Å². The van der Waals surface area contributed by atoms with Crippen LogP contribution in [0.4, 0.5) is 34.1 Å². The average Bonchev–Trinajstić information content (AvgIpc) is 0.772. The van der Waals surface area contributed by atoms with Gasteiger partial charge in [-0.2, -0.15) is 0 Å². The summed E-state index contributed by atoms with van der Waals surface area (Å²) >= 11 is 0. The highest BCUT2D eigenvalue weighted by Crippen LogP contribution is 2.66. The number of para-hydroxylation sites is 4. The Bertz CT molecular complexity index is 5130. The van der Waals surface area contributed by atoms with Crippen molar-refractivity contribution in [3.05, 3.63) is 302 Å². The molecular formula is C86H62N2O2. The summed E-state index contributed by atoms with van der Waals surface area (Å²) in [5, 5.41) is 9.05. The van der Waals surface area contributed by atoms with E-state index < -0.39 is 0 Å². The Hall–Kier alpha value is -11.2. The van der Waals surface area contributed by atoms with E-state index in [0.29, 0.717) is 11.8 Å². The normalized spacial score (nSPS) is 12.0. The Kier molecular flexibility index (Phi) is 12.6. The minimum absolute atomic E-state index is 0.322. The van der Waals surface area contributed by atoms with Gasteiger partial charge in [0.2, 0.25) is 0 Å². The molecule has 0 amide bonds. The summed E-state index contributed by atoms with van der Waals surface area (Å²) in [5.41, 5.74) is 26.6. The van der Waals surface area contributed by atoms with E-state index in [9.17, 15) is 0 Å². The molecule has 4 nitrogen and oxygen atoms in total. The zero-order chi connectivity index (χ0) is 60.1. The molecule has 17 rings (SSSR count). The molecule has 0 spiro atoms. The predicted octanol–water partition coefficient (Wildman–Crippen LogP) is 25.3. The molecule has 1 aliphatic rings. The number of hydrogen-bond donors (Lipinski definition) is 0. The molecule has 2 heterocycles. The van der Waals surface area contributed by atoms with Crippen LogP contribution in [0.15, 0.2) is 300 Å². The molecule has 0 bridgehead atoms. The van der Waals surface area contributed by atoms with Gasteiger partial charge in [0, 0.05) is 44.3 Å². The van der Waals surface area contributed by atoms with E-state index in [2.05, 4.69) is 329 Å². The third-order valence-electron chi connectivity index (χ3n) is 18.7. The summed E-state index contributed by atoms with van der Waals surface area (Å²) in [7, 11) is 0. The second-order valence-corrected chi connectivity index (χ2v) is 24.6. The minimum Gasteiger partial charge on any atom is -0.454 e. The minimum atomic E-state index is 0.322. The Labute approximate surface area is 523 Å². The Morgan fingerprint density at radius 1 is 0.233 bits per heavy atom. The van der Waals surface area contributed by atoms with Crippen molar-refractivity contribution in [3.8, 4) is 66.8 Å². The average molecular weight is 1160 g/mol. The van der Waals surface area contributed by atoms with Crippen LogP contribution in [0.1, 0.15) is 50.7 Å². The van der Waals surface area contributed by atoms with Gasteiger partial charge in [-0.25, -0.2) is 0 Å². The molecule has 0 saturated heterocycles. The summed E-state index contributed by atoms with van der Waals surface area (Å²) in [6, 6.07) is 107. The molecule has 428 valence electrons. The molecule has 0 atom stereocenters. The molecule has 16 aromatic rings. The lowest BCUT2D eigenvalue weighted by molar-refractivity contribution is 0.668. The van der Waals surface area contributed by atoms with Crippen molar-refractivity contribution in [3.63, 3.8) is 0 Å². The van der Waals surface area contributed by atoms with Crippen molar-refractivity contribution in [2.24, 2.45) is 0 Å². The van der Waals surface area contributed by atoms with Gasteiger partial charge in [0.1, 0.15) is 11.2 Å². The first kappa shape index (κ1) is 53.1. The van der Waals surface area contributed by atoms with Crippen molar-refractivity contribution in [2.75, 3.05) is 9.80 Å². The van der Waals surface area contributed by atoms with Crippen LogP contribution in [0.5, 0.6) is 0 Å². The third kappa shape index (κ3) is 8.43. The lowest BCUT2D eigenvalue weighted by Crippen LogP contribution is -2.13. The van der Waals surface area contributed by atoms with Gasteiger partial charge in [-0.1, -0.05) is 246 Å². The molecule has 0 N–H and O–H groups in total.